The maximum atomic E-state index is 5.69. The molecule has 0 saturated carbocycles. The van der Waals surface area contributed by atoms with Gasteiger partial charge in [-0.1, -0.05) is 0 Å². The van der Waals surface area contributed by atoms with Gasteiger partial charge < -0.3 is 10.3 Å². The molecule has 16 heavy (non-hydrogen) atoms. The van der Waals surface area contributed by atoms with Crippen molar-refractivity contribution in [3.05, 3.63) is 18.1 Å². The largest absolute Gasteiger partial charge is 0.330 e. The number of H-pyrrole nitrogens is 1. The smallest absolute Gasteiger partial charge is 0.182 e. The molecule has 1 unspecified atom stereocenters. The fourth-order valence-corrected chi connectivity index (χ4v) is 2.17. The Kier molecular flexibility index (Phi) is 2.21. The van der Waals surface area contributed by atoms with Crippen molar-refractivity contribution >= 4 is 0 Å². The minimum absolute atomic E-state index is 0.548. The number of nitrogens with zero attached hydrogens (tertiary/aromatic N) is 4. The highest BCUT2D eigenvalue weighted by Gasteiger charge is 2.22. The third-order valence-electron chi connectivity index (χ3n) is 3.13. The van der Waals surface area contributed by atoms with Crippen molar-refractivity contribution in [1.29, 1.82) is 0 Å². The molecule has 0 saturated heterocycles. The minimum atomic E-state index is 0.548. The van der Waals surface area contributed by atoms with Gasteiger partial charge in [-0.2, -0.15) is 5.10 Å². The van der Waals surface area contributed by atoms with Gasteiger partial charge in [0, 0.05) is 19.2 Å². The zero-order chi connectivity index (χ0) is 11.0. The maximum absolute atomic E-state index is 5.69. The molecule has 2 aromatic rings. The van der Waals surface area contributed by atoms with Crippen molar-refractivity contribution in [3.8, 4) is 11.5 Å². The van der Waals surface area contributed by atoms with Crippen LogP contribution in [0.3, 0.4) is 0 Å². The first kappa shape index (κ1) is 9.53. The zero-order valence-electron chi connectivity index (χ0n) is 8.93. The Hall–Kier alpha value is -1.69. The predicted octanol–water partition coefficient (Wildman–Crippen LogP) is 0.189. The molecule has 0 bridgehead atoms. The zero-order valence-corrected chi connectivity index (χ0v) is 8.93. The summed E-state index contributed by atoms with van der Waals surface area (Å²) in [5.41, 5.74) is 6.61. The second kappa shape index (κ2) is 3.71. The molecule has 0 spiro atoms. The van der Waals surface area contributed by atoms with Crippen LogP contribution in [0.15, 0.2) is 12.3 Å². The highest BCUT2D eigenvalue weighted by atomic mass is 15.3. The highest BCUT2D eigenvalue weighted by molar-refractivity contribution is 5.48. The van der Waals surface area contributed by atoms with Crippen LogP contribution in [-0.2, 0) is 13.0 Å². The summed E-state index contributed by atoms with van der Waals surface area (Å²) in [5.74, 6) is 2.46. The molecule has 0 aliphatic carbocycles. The van der Waals surface area contributed by atoms with Crippen LogP contribution in [0, 0.1) is 5.92 Å². The second-order valence-electron chi connectivity index (χ2n) is 4.16. The minimum Gasteiger partial charge on any atom is -0.330 e. The number of rotatable bonds is 2. The maximum Gasteiger partial charge on any atom is 0.182 e. The van der Waals surface area contributed by atoms with Gasteiger partial charge in [-0.15, -0.1) is 10.2 Å². The van der Waals surface area contributed by atoms with E-state index < -0.39 is 0 Å². The van der Waals surface area contributed by atoms with E-state index in [9.17, 15) is 0 Å². The van der Waals surface area contributed by atoms with E-state index in [2.05, 4.69) is 25.0 Å². The molecule has 0 radical (unpaired) electrons. The SMILES string of the molecule is NCC1CCn2c(nnc2-c2ccn[nH]2)C1. The Labute approximate surface area is 92.9 Å². The van der Waals surface area contributed by atoms with Gasteiger partial charge in [0.15, 0.2) is 5.82 Å². The molecular weight excluding hydrogens is 204 g/mol. The summed E-state index contributed by atoms with van der Waals surface area (Å²) in [6, 6.07) is 1.91. The lowest BCUT2D eigenvalue weighted by Gasteiger charge is -2.21. The van der Waals surface area contributed by atoms with Crippen molar-refractivity contribution < 1.29 is 0 Å². The summed E-state index contributed by atoms with van der Waals surface area (Å²) in [4.78, 5) is 0. The molecule has 2 aromatic heterocycles. The average Bonchev–Trinajstić information content (AvgIpc) is 2.96. The summed E-state index contributed by atoms with van der Waals surface area (Å²) < 4.78 is 2.15. The fraction of sp³-hybridized carbons (Fsp3) is 0.500. The number of hydrogen-bond acceptors (Lipinski definition) is 4. The Morgan fingerprint density at radius 1 is 1.50 bits per heavy atom. The quantitative estimate of drug-likeness (QED) is 0.753. The van der Waals surface area contributed by atoms with E-state index >= 15 is 0 Å². The molecule has 3 heterocycles. The third kappa shape index (κ3) is 1.42. The lowest BCUT2D eigenvalue weighted by atomic mass is 9.98. The summed E-state index contributed by atoms with van der Waals surface area (Å²) in [6.07, 6.45) is 3.75. The first-order chi connectivity index (χ1) is 7.88. The van der Waals surface area contributed by atoms with Gasteiger partial charge in [-0.3, -0.25) is 5.10 Å². The van der Waals surface area contributed by atoms with E-state index in [0.29, 0.717) is 5.92 Å². The van der Waals surface area contributed by atoms with Gasteiger partial charge in [-0.05, 0) is 24.9 Å². The van der Waals surface area contributed by atoms with Gasteiger partial charge in [0.25, 0.3) is 0 Å². The molecule has 1 aliphatic heterocycles. The topological polar surface area (TPSA) is 85.4 Å². The molecule has 0 amide bonds. The number of nitrogens with one attached hydrogen (secondary N) is 1. The summed E-state index contributed by atoms with van der Waals surface area (Å²) in [5, 5.41) is 15.3. The number of hydrogen-bond donors (Lipinski definition) is 2. The molecule has 6 nitrogen and oxygen atoms in total. The van der Waals surface area contributed by atoms with Crippen LogP contribution >= 0.6 is 0 Å². The van der Waals surface area contributed by atoms with E-state index in [1.807, 2.05) is 6.07 Å². The summed E-state index contributed by atoms with van der Waals surface area (Å²) >= 11 is 0. The normalized spacial score (nSPS) is 19.7. The number of aromatic nitrogens is 5. The standard InChI is InChI=1S/C10H14N6/c11-6-7-2-4-16-9(5-7)14-15-10(16)8-1-3-12-13-8/h1,3,7H,2,4-6,11H2,(H,12,13). The molecule has 1 atom stereocenters. The van der Waals surface area contributed by atoms with Gasteiger partial charge in [0.1, 0.15) is 11.5 Å². The van der Waals surface area contributed by atoms with Crippen molar-refractivity contribution in [3.63, 3.8) is 0 Å². The van der Waals surface area contributed by atoms with Gasteiger partial charge in [-0.25, -0.2) is 0 Å². The van der Waals surface area contributed by atoms with Crippen molar-refractivity contribution in [1.82, 2.24) is 25.0 Å². The van der Waals surface area contributed by atoms with Crippen LogP contribution in [0.25, 0.3) is 11.5 Å². The van der Waals surface area contributed by atoms with E-state index in [0.717, 1.165) is 43.3 Å². The van der Waals surface area contributed by atoms with Gasteiger partial charge >= 0.3 is 0 Å². The van der Waals surface area contributed by atoms with Crippen LogP contribution in [0.2, 0.25) is 0 Å². The molecule has 0 aromatic carbocycles. The van der Waals surface area contributed by atoms with Crippen molar-refractivity contribution in [2.75, 3.05) is 6.54 Å². The molecule has 6 heteroatoms. The lowest BCUT2D eigenvalue weighted by molar-refractivity contribution is 0.391. The summed E-state index contributed by atoms with van der Waals surface area (Å²) in [7, 11) is 0. The van der Waals surface area contributed by atoms with Crippen LogP contribution in [0.1, 0.15) is 12.2 Å². The lowest BCUT2D eigenvalue weighted by Crippen LogP contribution is -2.25. The molecular formula is C10H14N6. The number of nitrogens with two attached hydrogens (primary N) is 1. The first-order valence-corrected chi connectivity index (χ1v) is 5.50. The van der Waals surface area contributed by atoms with Gasteiger partial charge in [0.2, 0.25) is 0 Å². The van der Waals surface area contributed by atoms with E-state index in [4.69, 9.17) is 5.73 Å². The van der Waals surface area contributed by atoms with Crippen LogP contribution < -0.4 is 5.73 Å². The Morgan fingerprint density at radius 3 is 3.19 bits per heavy atom. The molecule has 1 aliphatic rings. The molecule has 84 valence electrons. The second-order valence-corrected chi connectivity index (χ2v) is 4.16. The summed E-state index contributed by atoms with van der Waals surface area (Å²) in [6.45, 7) is 1.67. The van der Waals surface area contributed by atoms with Crippen LogP contribution in [0.5, 0.6) is 0 Å². The third-order valence-corrected chi connectivity index (χ3v) is 3.13. The van der Waals surface area contributed by atoms with Crippen molar-refractivity contribution in [2.24, 2.45) is 11.7 Å². The predicted molar refractivity (Wildman–Crippen MR) is 58.5 cm³/mol. The Morgan fingerprint density at radius 2 is 2.44 bits per heavy atom. The average molecular weight is 218 g/mol. The van der Waals surface area contributed by atoms with E-state index in [1.54, 1.807) is 6.20 Å². The fourth-order valence-electron chi connectivity index (χ4n) is 2.17. The van der Waals surface area contributed by atoms with E-state index in [-0.39, 0.29) is 0 Å². The van der Waals surface area contributed by atoms with Crippen LogP contribution in [-0.4, -0.2) is 31.5 Å². The molecule has 0 fully saturated rings. The Balaban J connectivity index is 1.97. The van der Waals surface area contributed by atoms with Gasteiger partial charge in [0.05, 0.1) is 0 Å². The molecule has 3 rings (SSSR count). The number of aromatic amines is 1. The first-order valence-electron chi connectivity index (χ1n) is 5.50. The number of fused-ring (bicyclic) bond motifs is 1. The molecule has 3 N–H and O–H groups in total. The van der Waals surface area contributed by atoms with Crippen LogP contribution in [0.4, 0.5) is 0 Å². The monoisotopic (exact) mass is 218 g/mol. The highest BCUT2D eigenvalue weighted by Crippen LogP contribution is 2.23. The van der Waals surface area contributed by atoms with E-state index in [1.165, 1.54) is 0 Å². The Bertz CT molecular complexity index is 471. The van der Waals surface area contributed by atoms with Crippen molar-refractivity contribution in [2.45, 2.75) is 19.4 Å².